The van der Waals surface area contributed by atoms with Crippen LogP contribution in [0.15, 0.2) is 29.3 Å². The topological polar surface area (TPSA) is 46.1 Å². The van der Waals surface area contributed by atoms with Crippen molar-refractivity contribution in [3.63, 3.8) is 0 Å². The molecule has 0 bridgehead atoms. The second-order valence-corrected chi connectivity index (χ2v) is 8.62. The molecule has 0 spiro atoms. The van der Waals surface area contributed by atoms with Crippen molar-refractivity contribution in [2.24, 2.45) is 4.99 Å². The minimum absolute atomic E-state index is 0.0193. The van der Waals surface area contributed by atoms with E-state index in [9.17, 15) is 4.39 Å². The summed E-state index contributed by atoms with van der Waals surface area (Å²) in [5.41, 5.74) is 1.10. The predicted octanol–water partition coefficient (Wildman–Crippen LogP) is 3.48. The first kappa shape index (κ1) is 20.6. The Kier molecular flexibility index (Phi) is 6.70. The number of nitrogens with zero attached hydrogens (tertiary/aromatic N) is 2. The number of hydrogen-bond acceptors (Lipinski definition) is 3. The molecule has 5 nitrogen and oxygen atoms in total. The van der Waals surface area contributed by atoms with Crippen molar-refractivity contribution in [2.45, 2.75) is 63.1 Å². The normalized spacial score (nSPS) is 24.7. The number of likely N-dealkylation sites (tertiary alicyclic amines) is 1. The summed E-state index contributed by atoms with van der Waals surface area (Å²) in [4.78, 5) is 7.30. The fourth-order valence-corrected chi connectivity index (χ4v) is 4.41. The van der Waals surface area contributed by atoms with Crippen molar-refractivity contribution < 1.29 is 13.9 Å². The molecule has 0 aromatic heterocycles. The lowest BCUT2D eigenvalue weighted by Crippen LogP contribution is -2.47. The summed E-state index contributed by atoms with van der Waals surface area (Å²) in [6.07, 6.45) is 7.11. The van der Waals surface area contributed by atoms with Gasteiger partial charge in [-0.1, -0.05) is 12.1 Å². The van der Waals surface area contributed by atoms with E-state index >= 15 is 0 Å². The zero-order valence-corrected chi connectivity index (χ0v) is 17.5. The zero-order chi connectivity index (χ0) is 20.1. The first-order valence-electron chi connectivity index (χ1n) is 11.2. The fourth-order valence-electron chi connectivity index (χ4n) is 4.41. The summed E-state index contributed by atoms with van der Waals surface area (Å²) < 4.78 is 25.4. The lowest BCUT2D eigenvalue weighted by molar-refractivity contribution is -0.0367. The average molecular weight is 404 g/mol. The molecule has 2 heterocycles. The van der Waals surface area contributed by atoms with Crippen LogP contribution in [-0.2, 0) is 14.9 Å². The number of nitrogens with one attached hydrogen (secondary N) is 1. The predicted molar refractivity (Wildman–Crippen MR) is 113 cm³/mol. The maximum atomic E-state index is 13.7. The van der Waals surface area contributed by atoms with Crippen LogP contribution in [0.4, 0.5) is 4.39 Å². The Balaban J connectivity index is 1.31. The standard InChI is InChI=1S/C23H34FN3O2/c1-2-25-22(26-17-23(10-11-23)18-5-3-6-19(24)15-18)27-12-8-20(9-13-27)29-16-21-7-4-14-28-21/h3,5-6,15,20-21H,2,4,7-14,16-17H2,1H3,(H,25,26). The Morgan fingerprint density at radius 2 is 2.14 bits per heavy atom. The highest BCUT2D eigenvalue weighted by Gasteiger charge is 2.44. The van der Waals surface area contributed by atoms with E-state index < -0.39 is 0 Å². The second kappa shape index (κ2) is 9.43. The fraction of sp³-hybridized carbons (Fsp3) is 0.696. The van der Waals surface area contributed by atoms with Crippen molar-refractivity contribution in [3.8, 4) is 0 Å². The molecule has 160 valence electrons. The van der Waals surface area contributed by atoms with Gasteiger partial charge in [0.2, 0.25) is 0 Å². The van der Waals surface area contributed by atoms with Crippen LogP contribution in [0.2, 0.25) is 0 Å². The van der Waals surface area contributed by atoms with E-state index in [4.69, 9.17) is 14.5 Å². The Morgan fingerprint density at radius 3 is 2.79 bits per heavy atom. The molecule has 2 saturated heterocycles. The summed E-state index contributed by atoms with van der Waals surface area (Å²) in [6, 6.07) is 7.03. The number of guanidine groups is 1. The number of ether oxygens (including phenoxy) is 2. The van der Waals surface area contributed by atoms with Crippen LogP contribution in [0.3, 0.4) is 0 Å². The van der Waals surface area contributed by atoms with Gasteiger partial charge in [-0.2, -0.15) is 0 Å². The minimum Gasteiger partial charge on any atom is -0.376 e. The highest BCUT2D eigenvalue weighted by molar-refractivity contribution is 5.80. The Bertz CT molecular complexity index is 693. The van der Waals surface area contributed by atoms with Gasteiger partial charge in [-0.3, -0.25) is 4.99 Å². The summed E-state index contributed by atoms with van der Waals surface area (Å²) in [6.45, 7) is 7.19. The highest BCUT2D eigenvalue weighted by atomic mass is 19.1. The number of halogens is 1. The highest BCUT2D eigenvalue weighted by Crippen LogP contribution is 2.48. The molecule has 1 atom stereocenters. The van der Waals surface area contributed by atoms with E-state index in [2.05, 4.69) is 17.1 Å². The van der Waals surface area contributed by atoms with Gasteiger partial charge in [-0.15, -0.1) is 0 Å². The molecule has 1 aromatic rings. The quantitative estimate of drug-likeness (QED) is 0.559. The number of benzene rings is 1. The third-order valence-corrected chi connectivity index (χ3v) is 6.44. The lowest BCUT2D eigenvalue weighted by Gasteiger charge is -2.34. The molecule has 1 unspecified atom stereocenters. The number of hydrogen-bond donors (Lipinski definition) is 1. The molecule has 3 fully saturated rings. The first-order chi connectivity index (χ1) is 14.2. The first-order valence-corrected chi connectivity index (χ1v) is 11.2. The maximum absolute atomic E-state index is 13.7. The van der Waals surface area contributed by atoms with Crippen molar-refractivity contribution >= 4 is 5.96 Å². The SMILES string of the molecule is CCNC(=NCC1(c2cccc(F)c2)CC1)N1CCC(OCC2CCCO2)CC1. The third-order valence-electron chi connectivity index (χ3n) is 6.44. The number of aliphatic imine (C=N–C) groups is 1. The van der Waals surface area contributed by atoms with Crippen LogP contribution in [0.25, 0.3) is 0 Å². The summed E-state index contributed by atoms with van der Waals surface area (Å²) in [7, 11) is 0. The van der Waals surface area contributed by atoms with Crippen LogP contribution in [0.5, 0.6) is 0 Å². The van der Waals surface area contributed by atoms with Crippen molar-refractivity contribution in [3.05, 3.63) is 35.6 Å². The molecule has 2 aliphatic heterocycles. The molecule has 1 N–H and O–H groups in total. The molecule has 29 heavy (non-hydrogen) atoms. The van der Waals surface area contributed by atoms with Crippen LogP contribution in [0.1, 0.15) is 51.0 Å². The molecule has 1 aromatic carbocycles. The van der Waals surface area contributed by atoms with Crippen molar-refractivity contribution in [1.29, 1.82) is 0 Å². The zero-order valence-electron chi connectivity index (χ0n) is 17.5. The van der Waals surface area contributed by atoms with Crippen molar-refractivity contribution in [1.82, 2.24) is 10.2 Å². The summed E-state index contributed by atoms with van der Waals surface area (Å²) >= 11 is 0. The maximum Gasteiger partial charge on any atom is 0.193 e. The largest absolute Gasteiger partial charge is 0.376 e. The van der Waals surface area contributed by atoms with Crippen LogP contribution in [-0.4, -0.2) is 62.5 Å². The molecule has 3 aliphatic rings. The molecule has 1 aliphatic carbocycles. The monoisotopic (exact) mass is 403 g/mol. The van der Waals surface area contributed by atoms with E-state index in [0.717, 1.165) is 82.9 Å². The summed E-state index contributed by atoms with van der Waals surface area (Å²) in [5, 5.41) is 3.45. The van der Waals surface area contributed by atoms with Gasteiger partial charge in [-0.05, 0) is 63.1 Å². The molecule has 4 rings (SSSR count). The van der Waals surface area contributed by atoms with Crippen LogP contribution < -0.4 is 5.32 Å². The van der Waals surface area contributed by atoms with Gasteiger partial charge in [-0.25, -0.2) is 4.39 Å². The number of piperidine rings is 1. The van der Waals surface area contributed by atoms with Crippen LogP contribution >= 0.6 is 0 Å². The van der Waals surface area contributed by atoms with E-state index in [1.165, 1.54) is 6.07 Å². The minimum atomic E-state index is -0.158. The lowest BCUT2D eigenvalue weighted by atomic mass is 9.96. The van der Waals surface area contributed by atoms with Gasteiger partial charge in [0.1, 0.15) is 5.82 Å². The molecule has 0 radical (unpaired) electrons. The smallest absolute Gasteiger partial charge is 0.193 e. The third kappa shape index (κ3) is 5.28. The summed E-state index contributed by atoms with van der Waals surface area (Å²) in [5.74, 6) is 0.822. The van der Waals surface area contributed by atoms with Gasteiger partial charge >= 0.3 is 0 Å². The Labute approximate surface area is 173 Å². The molecule has 6 heteroatoms. The Hall–Kier alpha value is -1.66. The molecular weight excluding hydrogens is 369 g/mol. The van der Waals surface area contributed by atoms with E-state index in [0.29, 0.717) is 18.8 Å². The van der Waals surface area contributed by atoms with Gasteiger partial charge < -0.3 is 19.7 Å². The van der Waals surface area contributed by atoms with Gasteiger partial charge in [0.05, 0.1) is 25.4 Å². The van der Waals surface area contributed by atoms with Gasteiger partial charge in [0.15, 0.2) is 5.96 Å². The van der Waals surface area contributed by atoms with Crippen molar-refractivity contribution in [2.75, 3.05) is 39.4 Å². The van der Waals surface area contributed by atoms with Crippen LogP contribution in [0, 0.1) is 5.82 Å². The Morgan fingerprint density at radius 1 is 1.31 bits per heavy atom. The average Bonchev–Trinajstić information content (AvgIpc) is 3.35. The van der Waals surface area contributed by atoms with E-state index in [1.807, 2.05) is 6.07 Å². The number of rotatable bonds is 7. The van der Waals surface area contributed by atoms with Gasteiger partial charge in [0.25, 0.3) is 0 Å². The van der Waals surface area contributed by atoms with E-state index in [1.54, 1.807) is 12.1 Å². The molecular formula is C23H34FN3O2. The second-order valence-electron chi connectivity index (χ2n) is 8.62. The molecule has 1 saturated carbocycles. The van der Waals surface area contributed by atoms with Gasteiger partial charge in [0, 0.05) is 31.7 Å². The molecule has 0 amide bonds. The van der Waals surface area contributed by atoms with E-state index in [-0.39, 0.29) is 11.2 Å².